The van der Waals surface area contributed by atoms with Crippen molar-refractivity contribution in [2.45, 2.75) is 6.92 Å². The van der Waals surface area contributed by atoms with Crippen molar-refractivity contribution in [3.8, 4) is 0 Å². The van der Waals surface area contributed by atoms with Gasteiger partial charge in [0, 0.05) is 0 Å². The summed E-state index contributed by atoms with van der Waals surface area (Å²) in [5, 5.41) is 11.0. The Bertz CT molecular complexity index is 494. The Kier molecular flexibility index (Phi) is 3.52. The van der Waals surface area contributed by atoms with Gasteiger partial charge in [-0.1, -0.05) is 36.4 Å². The molecule has 1 N–H and O–H groups in total. The van der Waals surface area contributed by atoms with Gasteiger partial charge in [-0.05, 0) is 31.2 Å². The quantitative estimate of drug-likeness (QED) is 0.482. The van der Waals surface area contributed by atoms with Gasteiger partial charge in [0.05, 0.1) is 11.4 Å². The summed E-state index contributed by atoms with van der Waals surface area (Å²) >= 11 is 0. The molecule has 2 aromatic rings. The van der Waals surface area contributed by atoms with E-state index in [4.69, 9.17) is 0 Å². The van der Waals surface area contributed by atoms with E-state index >= 15 is 0 Å². The average molecular weight is 226 g/mol. The van der Waals surface area contributed by atoms with Crippen LogP contribution in [0.4, 0.5) is 11.4 Å². The molecule has 0 saturated heterocycles. The molecule has 0 aliphatic rings. The average Bonchev–Trinajstić information content (AvgIpc) is 2.40. The van der Waals surface area contributed by atoms with Crippen molar-refractivity contribution in [1.82, 2.24) is 0 Å². The topological polar surface area (TPSA) is 35.8 Å². The van der Waals surface area contributed by atoms with E-state index < -0.39 is 0 Å². The normalized spacial score (nSPS) is 11.3. The first kappa shape index (κ1) is 11.4. The highest BCUT2D eigenvalue weighted by Gasteiger charge is 2.05. The molecular formula is C14H14N2O. The number of anilines is 1. The Balaban J connectivity index is 2.21. The van der Waals surface area contributed by atoms with Crippen LogP contribution in [0, 0.1) is 0 Å². The fraction of sp³-hybridized carbons (Fsp3) is 0.0714. The van der Waals surface area contributed by atoms with Crippen LogP contribution in [0.3, 0.4) is 0 Å². The summed E-state index contributed by atoms with van der Waals surface area (Å²) in [6.07, 6.45) is 0. The zero-order valence-electron chi connectivity index (χ0n) is 9.62. The molecule has 0 bridgehead atoms. The van der Waals surface area contributed by atoms with Gasteiger partial charge >= 0.3 is 0 Å². The summed E-state index contributed by atoms with van der Waals surface area (Å²) in [7, 11) is 0. The lowest BCUT2D eigenvalue weighted by Gasteiger charge is -2.15. The van der Waals surface area contributed by atoms with E-state index in [0.717, 1.165) is 10.8 Å². The number of hydroxylamine groups is 1. The third-order valence-corrected chi connectivity index (χ3v) is 2.35. The minimum Gasteiger partial charge on any atom is -0.282 e. The van der Waals surface area contributed by atoms with E-state index in [1.54, 1.807) is 6.92 Å². The first-order chi connectivity index (χ1) is 8.27. The number of rotatable bonds is 2. The van der Waals surface area contributed by atoms with Crippen molar-refractivity contribution in [1.29, 1.82) is 0 Å². The number of amidine groups is 1. The lowest BCUT2D eigenvalue weighted by molar-refractivity contribution is 0.311. The van der Waals surface area contributed by atoms with Gasteiger partial charge in [0.25, 0.3) is 0 Å². The van der Waals surface area contributed by atoms with Gasteiger partial charge in [-0.2, -0.15) is 0 Å². The molecule has 17 heavy (non-hydrogen) atoms. The zero-order chi connectivity index (χ0) is 12.1. The fourth-order valence-corrected chi connectivity index (χ4v) is 1.49. The molecule has 0 aliphatic carbocycles. The van der Waals surface area contributed by atoms with Crippen molar-refractivity contribution in [3.05, 3.63) is 60.7 Å². The predicted molar refractivity (Wildman–Crippen MR) is 69.9 cm³/mol. The minimum atomic E-state index is 0.530. The highest BCUT2D eigenvalue weighted by atomic mass is 16.5. The molecule has 3 heteroatoms. The highest BCUT2D eigenvalue weighted by molar-refractivity contribution is 5.95. The SMILES string of the molecule is CC(=Nc1ccccc1)N(O)c1ccccc1. The van der Waals surface area contributed by atoms with Crippen molar-refractivity contribution >= 4 is 17.2 Å². The van der Waals surface area contributed by atoms with E-state index in [1.807, 2.05) is 60.7 Å². The molecule has 0 unspecified atom stereocenters. The van der Waals surface area contributed by atoms with E-state index in [-0.39, 0.29) is 0 Å². The van der Waals surface area contributed by atoms with E-state index in [2.05, 4.69) is 4.99 Å². The van der Waals surface area contributed by atoms with Crippen LogP contribution in [0.1, 0.15) is 6.92 Å². The lowest BCUT2D eigenvalue weighted by Crippen LogP contribution is -2.23. The van der Waals surface area contributed by atoms with Crippen LogP contribution in [0.2, 0.25) is 0 Å². The number of hydrogen-bond acceptors (Lipinski definition) is 2. The van der Waals surface area contributed by atoms with Crippen molar-refractivity contribution in [2.75, 3.05) is 5.06 Å². The zero-order valence-corrected chi connectivity index (χ0v) is 9.62. The minimum absolute atomic E-state index is 0.530. The molecule has 3 nitrogen and oxygen atoms in total. The summed E-state index contributed by atoms with van der Waals surface area (Å²) in [5.74, 6) is 0.530. The molecule has 0 spiro atoms. The third kappa shape index (κ3) is 2.92. The van der Waals surface area contributed by atoms with Crippen LogP contribution in [0.25, 0.3) is 0 Å². The fourth-order valence-electron chi connectivity index (χ4n) is 1.49. The van der Waals surface area contributed by atoms with Gasteiger partial charge in [0.2, 0.25) is 0 Å². The van der Waals surface area contributed by atoms with Crippen LogP contribution in [0.15, 0.2) is 65.7 Å². The van der Waals surface area contributed by atoms with E-state index in [1.165, 1.54) is 0 Å². The van der Waals surface area contributed by atoms with Crippen LogP contribution < -0.4 is 5.06 Å². The van der Waals surface area contributed by atoms with Crippen LogP contribution in [0.5, 0.6) is 0 Å². The largest absolute Gasteiger partial charge is 0.282 e. The molecule has 2 rings (SSSR count). The molecule has 0 amide bonds. The van der Waals surface area contributed by atoms with E-state index in [0.29, 0.717) is 11.5 Å². The Morgan fingerprint density at radius 3 is 2.06 bits per heavy atom. The molecule has 0 heterocycles. The molecule has 2 aromatic carbocycles. The molecule has 0 saturated carbocycles. The van der Waals surface area contributed by atoms with Crippen molar-refractivity contribution in [2.24, 2.45) is 4.99 Å². The summed E-state index contributed by atoms with van der Waals surface area (Å²) in [6, 6.07) is 18.8. The smallest absolute Gasteiger partial charge is 0.132 e. The Morgan fingerprint density at radius 2 is 1.47 bits per heavy atom. The molecular weight excluding hydrogens is 212 g/mol. The van der Waals surface area contributed by atoms with Crippen LogP contribution in [-0.2, 0) is 0 Å². The van der Waals surface area contributed by atoms with Crippen molar-refractivity contribution in [3.63, 3.8) is 0 Å². The Morgan fingerprint density at radius 1 is 0.941 bits per heavy atom. The second-order valence-corrected chi connectivity index (χ2v) is 3.64. The van der Waals surface area contributed by atoms with Gasteiger partial charge in [-0.15, -0.1) is 0 Å². The maximum absolute atomic E-state index is 9.95. The predicted octanol–water partition coefficient (Wildman–Crippen LogP) is 3.63. The Labute approximate surface area is 101 Å². The molecule has 86 valence electrons. The van der Waals surface area contributed by atoms with Crippen LogP contribution >= 0.6 is 0 Å². The first-order valence-corrected chi connectivity index (χ1v) is 5.42. The first-order valence-electron chi connectivity index (χ1n) is 5.42. The number of nitrogens with zero attached hydrogens (tertiary/aromatic N) is 2. The standard InChI is InChI=1S/C14H14N2O/c1-12(15-13-8-4-2-5-9-13)16(17)14-10-6-3-7-11-14/h2-11,17H,1H3. The van der Waals surface area contributed by atoms with Crippen molar-refractivity contribution < 1.29 is 5.21 Å². The molecule has 0 aliphatic heterocycles. The molecule has 0 radical (unpaired) electrons. The summed E-state index contributed by atoms with van der Waals surface area (Å²) < 4.78 is 0. The number of hydrogen-bond donors (Lipinski definition) is 1. The second kappa shape index (κ2) is 5.27. The number of benzene rings is 2. The van der Waals surface area contributed by atoms with Gasteiger partial charge in [0.1, 0.15) is 5.84 Å². The summed E-state index contributed by atoms with van der Waals surface area (Å²) in [4.78, 5) is 4.33. The van der Waals surface area contributed by atoms with Gasteiger partial charge in [-0.25, -0.2) is 10.1 Å². The summed E-state index contributed by atoms with van der Waals surface area (Å²) in [6.45, 7) is 1.76. The summed E-state index contributed by atoms with van der Waals surface area (Å²) in [5.41, 5.74) is 1.52. The lowest BCUT2D eigenvalue weighted by atomic mass is 10.3. The Hall–Kier alpha value is -2.13. The highest BCUT2D eigenvalue weighted by Crippen LogP contribution is 2.15. The monoisotopic (exact) mass is 226 g/mol. The van der Waals surface area contributed by atoms with Gasteiger partial charge in [-0.3, -0.25) is 5.21 Å². The van der Waals surface area contributed by atoms with Crippen LogP contribution in [-0.4, -0.2) is 11.0 Å². The van der Waals surface area contributed by atoms with Gasteiger partial charge in [0.15, 0.2) is 0 Å². The van der Waals surface area contributed by atoms with E-state index in [9.17, 15) is 5.21 Å². The molecule has 0 aromatic heterocycles. The molecule has 0 fully saturated rings. The molecule has 0 atom stereocenters. The second-order valence-electron chi connectivity index (χ2n) is 3.64. The maximum Gasteiger partial charge on any atom is 0.132 e. The third-order valence-electron chi connectivity index (χ3n) is 2.35. The van der Waals surface area contributed by atoms with Gasteiger partial charge < -0.3 is 0 Å². The maximum atomic E-state index is 9.95. The number of para-hydroxylation sites is 2. The number of aliphatic imine (C=N–C) groups is 1.